The molecule has 9 heteroatoms. The number of nitrogens with zero attached hydrogens (tertiary/aromatic N) is 3. The Balaban J connectivity index is 1.67. The van der Waals surface area contributed by atoms with E-state index < -0.39 is 10.0 Å². The van der Waals surface area contributed by atoms with Crippen molar-refractivity contribution in [1.82, 2.24) is 9.29 Å². The van der Waals surface area contributed by atoms with Crippen molar-refractivity contribution in [3.05, 3.63) is 51.8 Å². The number of benzene rings is 1. The Morgan fingerprint density at radius 1 is 1.23 bits per heavy atom. The zero-order chi connectivity index (χ0) is 22.2. The average molecular weight is 476 g/mol. The summed E-state index contributed by atoms with van der Waals surface area (Å²) >= 11 is 3.02. The fraction of sp³-hybridized carbons (Fsp3) is 0.364. The maximum atomic E-state index is 13.4. The Morgan fingerprint density at radius 3 is 2.68 bits per heavy atom. The van der Waals surface area contributed by atoms with Gasteiger partial charge in [-0.25, -0.2) is 13.4 Å². The highest BCUT2D eigenvalue weighted by atomic mass is 32.2. The fourth-order valence-electron chi connectivity index (χ4n) is 3.88. The molecule has 1 aliphatic rings. The Bertz CT molecular complexity index is 1200. The van der Waals surface area contributed by atoms with Gasteiger partial charge in [0.2, 0.25) is 10.0 Å². The van der Waals surface area contributed by atoms with Gasteiger partial charge < -0.3 is 4.90 Å². The molecule has 0 fully saturated rings. The van der Waals surface area contributed by atoms with Crippen molar-refractivity contribution in [3.63, 3.8) is 0 Å². The summed E-state index contributed by atoms with van der Waals surface area (Å²) in [4.78, 5) is 21.8. The van der Waals surface area contributed by atoms with Gasteiger partial charge in [0, 0.05) is 25.3 Å². The molecule has 0 saturated carbocycles. The molecule has 1 amide bonds. The number of aromatic nitrogens is 1. The minimum absolute atomic E-state index is 0.0712. The van der Waals surface area contributed by atoms with E-state index in [2.05, 4.69) is 4.98 Å². The maximum absolute atomic E-state index is 13.4. The highest BCUT2D eigenvalue weighted by molar-refractivity contribution is 7.89. The van der Waals surface area contributed by atoms with Crippen LogP contribution in [0.4, 0.5) is 5.69 Å². The molecule has 31 heavy (non-hydrogen) atoms. The first-order valence-corrected chi connectivity index (χ1v) is 13.5. The number of sulfonamides is 1. The van der Waals surface area contributed by atoms with Crippen LogP contribution in [0.25, 0.3) is 9.88 Å². The molecule has 0 unspecified atom stereocenters. The van der Waals surface area contributed by atoms with Crippen LogP contribution in [-0.4, -0.2) is 43.2 Å². The van der Waals surface area contributed by atoms with Gasteiger partial charge in [0.25, 0.3) is 5.91 Å². The van der Waals surface area contributed by atoms with Crippen LogP contribution < -0.4 is 4.90 Å². The number of aryl methyl sites for hydroxylation is 2. The Kier molecular flexibility index (Phi) is 6.30. The third kappa shape index (κ3) is 4.07. The molecule has 0 bridgehead atoms. The molecule has 0 atom stereocenters. The van der Waals surface area contributed by atoms with Gasteiger partial charge in [0.15, 0.2) is 0 Å². The number of hydrogen-bond donors (Lipinski definition) is 0. The molecule has 4 rings (SSSR count). The minimum Gasteiger partial charge on any atom is -0.307 e. The number of anilines is 1. The second kappa shape index (κ2) is 8.82. The molecule has 164 valence electrons. The number of thiophene rings is 1. The van der Waals surface area contributed by atoms with Crippen molar-refractivity contribution in [2.45, 2.75) is 38.5 Å². The largest absolute Gasteiger partial charge is 0.307 e. The molecular weight excluding hydrogens is 450 g/mol. The van der Waals surface area contributed by atoms with Gasteiger partial charge in [0.05, 0.1) is 15.5 Å². The first-order valence-electron chi connectivity index (χ1n) is 10.3. The molecule has 3 aromatic rings. The van der Waals surface area contributed by atoms with Gasteiger partial charge in [-0.15, -0.1) is 22.7 Å². The monoisotopic (exact) mass is 475 g/mol. The summed E-state index contributed by atoms with van der Waals surface area (Å²) < 4.78 is 27.3. The van der Waals surface area contributed by atoms with E-state index >= 15 is 0 Å². The van der Waals surface area contributed by atoms with Crippen molar-refractivity contribution in [2.75, 3.05) is 24.5 Å². The van der Waals surface area contributed by atoms with E-state index in [4.69, 9.17) is 0 Å². The minimum atomic E-state index is -3.53. The molecular formula is C22H25N3O3S3. The summed E-state index contributed by atoms with van der Waals surface area (Å²) in [6.45, 7) is 7.00. The third-order valence-corrected chi connectivity index (χ3v) is 9.71. The smallest absolute Gasteiger partial charge is 0.270 e. The van der Waals surface area contributed by atoms with E-state index in [1.807, 2.05) is 38.3 Å². The van der Waals surface area contributed by atoms with Gasteiger partial charge in [-0.3, -0.25) is 4.79 Å². The second-order valence-corrected chi connectivity index (χ2v) is 11.2. The molecule has 0 N–H and O–H groups in total. The van der Waals surface area contributed by atoms with Gasteiger partial charge in [0.1, 0.15) is 9.88 Å². The summed E-state index contributed by atoms with van der Waals surface area (Å²) in [6.07, 6.45) is 1.55. The van der Waals surface area contributed by atoms with E-state index in [9.17, 15) is 13.2 Å². The molecule has 1 aliphatic heterocycles. The summed E-state index contributed by atoms with van der Waals surface area (Å²) in [5, 5.41) is 2.85. The normalized spacial score (nSPS) is 14.1. The molecule has 2 aromatic heterocycles. The predicted octanol–water partition coefficient (Wildman–Crippen LogP) is 4.80. The second-order valence-electron chi connectivity index (χ2n) is 7.35. The van der Waals surface area contributed by atoms with Gasteiger partial charge in [-0.2, -0.15) is 4.31 Å². The predicted molar refractivity (Wildman–Crippen MR) is 127 cm³/mol. The molecule has 1 aromatic carbocycles. The van der Waals surface area contributed by atoms with Crippen LogP contribution in [-0.2, 0) is 16.4 Å². The number of carbonyl (C=O) groups excluding carboxylic acids is 1. The first kappa shape index (κ1) is 22.1. The molecule has 6 nitrogen and oxygen atoms in total. The van der Waals surface area contributed by atoms with E-state index in [1.54, 1.807) is 34.4 Å². The van der Waals surface area contributed by atoms with E-state index in [0.29, 0.717) is 29.4 Å². The molecule has 0 spiro atoms. The van der Waals surface area contributed by atoms with Crippen LogP contribution in [0.3, 0.4) is 0 Å². The quantitative estimate of drug-likeness (QED) is 0.513. The average Bonchev–Trinajstić information content (AvgIpc) is 3.43. The first-order chi connectivity index (χ1) is 14.9. The topological polar surface area (TPSA) is 70.6 Å². The number of thiazole rings is 1. The van der Waals surface area contributed by atoms with Crippen LogP contribution in [0.2, 0.25) is 0 Å². The lowest BCUT2D eigenvalue weighted by atomic mass is 10.0. The molecule has 0 radical (unpaired) electrons. The van der Waals surface area contributed by atoms with Crippen LogP contribution in [0.1, 0.15) is 41.2 Å². The van der Waals surface area contributed by atoms with Crippen molar-refractivity contribution < 1.29 is 13.2 Å². The molecule has 0 saturated heterocycles. The number of rotatable bonds is 6. The van der Waals surface area contributed by atoms with E-state index in [0.717, 1.165) is 39.7 Å². The van der Waals surface area contributed by atoms with Crippen LogP contribution in [0.5, 0.6) is 0 Å². The number of carbonyl (C=O) groups is 1. The van der Waals surface area contributed by atoms with Crippen molar-refractivity contribution in [1.29, 1.82) is 0 Å². The van der Waals surface area contributed by atoms with Gasteiger partial charge >= 0.3 is 0 Å². The Morgan fingerprint density at radius 2 is 2.00 bits per heavy atom. The number of amides is 1. The van der Waals surface area contributed by atoms with Crippen LogP contribution in [0.15, 0.2) is 40.6 Å². The highest BCUT2D eigenvalue weighted by Gasteiger charge is 2.29. The lowest BCUT2D eigenvalue weighted by Gasteiger charge is -2.30. The van der Waals surface area contributed by atoms with Crippen LogP contribution in [0, 0.1) is 6.92 Å². The van der Waals surface area contributed by atoms with Gasteiger partial charge in [-0.1, -0.05) is 19.9 Å². The van der Waals surface area contributed by atoms with Crippen LogP contribution >= 0.6 is 22.7 Å². The highest BCUT2D eigenvalue weighted by Crippen LogP contribution is 2.35. The lowest BCUT2D eigenvalue weighted by molar-refractivity contribution is 0.0988. The zero-order valence-electron chi connectivity index (χ0n) is 17.8. The summed E-state index contributed by atoms with van der Waals surface area (Å²) in [5.41, 5.74) is 2.42. The third-order valence-electron chi connectivity index (χ3n) is 5.48. The van der Waals surface area contributed by atoms with Crippen molar-refractivity contribution >= 4 is 44.3 Å². The standard InChI is InChI=1S/C22H25N3O3S3/c1-4-24(5-2)31(27,28)17-10-11-18-16(14-17)8-6-12-25(18)22(26)20-15(3)23-21(30-20)19-9-7-13-29-19/h7,9-11,13-14H,4-6,8,12H2,1-3H3. The van der Waals surface area contributed by atoms with E-state index in [-0.39, 0.29) is 5.91 Å². The number of fused-ring (bicyclic) bond motifs is 1. The summed E-state index contributed by atoms with van der Waals surface area (Å²) in [6, 6.07) is 9.11. The lowest BCUT2D eigenvalue weighted by Crippen LogP contribution is -2.36. The Hall–Kier alpha value is -2.07. The fourth-order valence-corrected chi connectivity index (χ4v) is 7.20. The summed E-state index contributed by atoms with van der Waals surface area (Å²) in [7, 11) is -3.53. The molecule has 3 heterocycles. The van der Waals surface area contributed by atoms with Crippen molar-refractivity contribution in [3.8, 4) is 9.88 Å². The SMILES string of the molecule is CCN(CC)S(=O)(=O)c1ccc2c(c1)CCCN2C(=O)c1sc(-c2cccs2)nc1C. The molecule has 0 aliphatic carbocycles. The van der Waals surface area contributed by atoms with Gasteiger partial charge in [-0.05, 0) is 55.0 Å². The van der Waals surface area contributed by atoms with Crippen molar-refractivity contribution in [2.24, 2.45) is 0 Å². The maximum Gasteiger partial charge on any atom is 0.270 e. The summed E-state index contributed by atoms with van der Waals surface area (Å²) in [5.74, 6) is -0.0712. The Labute approximate surface area is 191 Å². The number of hydrogen-bond acceptors (Lipinski definition) is 6. The zero-order valence-corrected chi connectivity index (χ0v) is 20.2. The van der Waals surface area contributed by atoms with E-state index in [1.165, 1.54) is 15.6 Å².